The summed E-state index contributed by atoms with van der Waals surface area (Å²) in [7, 11) is -3.75. The normalized spacial score (nSPS) is 20.0. The first-order valence-corrected chi connectivity index (χ1v) is 12.6. The number of carbonyl (C=O) groups is 1. The van der Waals surface area contributed by atoms with Gasteiger partial charge in [0.15, 0.2) is 0 Å². The molecule has 5 rings (SSSR count). The Balaban J connectivity index is 1.34. The van der Waals surface area contributed by atoms with Gasteiger partial charge in [-0.15, -0.1) is 0 Å². The minimum absolute atomic E-state index is 0.116. The topological polar surface area (TPSA) is 73.5 Å². The van der Waals surface area contributed by atoms with Crippen molar-refractivity contribution in [3.63, 3.8) is 0 Å². The third-order valence-electron chi connectivity index (χ3n) is 6.36. The first-order chi connectivity index (χ1) is 15.4. The summed E-state index contributed by atoms with van der Waals surface area (Å²) in [5.74, 6) is -0.116. The molecule has 0 saturated carbocycles. The van der Waals surface area contributed by atoms with E-state index in [1.807, 2.05) is 24.4 Å². The summed E-state index contributed by atoms with van der Waals surface area (Å²) in [5, 5.41) is 1.65. The van der Waals surface area contributed by atoms with Crippen LogP contribution in [-0.4, -0.2) is 54.2 Å². The van der Waals surface area contributed by atoms with E-state index in [2.05, 4.69) is 17.1 Å². The van der Waals surface area contributed by atoms with Crippen LogP contribution >= 0.6 is 11.6 Å². The zero-order valence-electron chi connectivity index (χ0n) is 17.5. The SMILES string of the molecule is O=C([C@@H]1CCCN1S(=O)(=O)c1ccc(Cl)cc1)N1CC=C(c2c[nH]c3ccccc23)CC1. The maximum absolute atomic E-state index is 13.3. The van der Waals surface area contributed by atoms with Crippen molar-refractivity contribution in [2.24, 2.45) is 0 Å². The Kier molecular flexibility index (Phi) is 5.57. The van der Waals surface area contributed by atoms with E-state index < -0.39 is 16.1 Å². The lowest BCUT2D eigenvalue weighted by Crippen LogP contribution is -2.48. The number of aromatic amines is 1. The molecule has 0 radical (unpaired) electrons. The number of hydrogen-bond donors (Lipinski definition) is 1. The molecule has 1 amide bonds. The minimum atomic E-state index is -3.75. The van der Waals surface area contributed by atoms with E-state index >= 15 is 0 Å². The summed E-state index contributed by atoms with van der Waals surface area (Å²) in [6.45, 7) is 1.42. The zero-order chi connectivity index (χ0) is 22.3. The van der Waals surface area contributed by atoms with E-state index in [4.69, 9.17) is 11.6 Å². The second kappa shape index (κ2) is 8.39. The molecule has 0 aliphatic carbocycles. The highest BCUT2D eigenvalue weighted by molar-refractivity contribution is 7.89. The zero-order valence-corrected chi connectivity index (χ0v) is 19.1. The second-order valence-electron chi connectivity index (χ2n) is 8.24. The molecule has 8 heteroatoms. The van der Waals surface area contributed by atoms with E-state index in [0.717, 1.165) is 11.9 Å². The lowest BCUT2D eigenvalue weighted by molar-refractivity contribution is -0.134. The highest BCUT2D eigenvalue weighted by atomic mass is 35.5. The first kappa shape index (κ1) is 21.2. The predicted molar refractivity (Wildman–Crippen MR) is 126 cm³/mol. The number of nitrogens with one attached hydrogen (secondary N) is 1. The number of fused-ring (bicyclic) bond motifs is 1. The van der Waals surface area contributed by atoms with Crippen LogP contribution in [0.2, 0.25) is 5.02 Å². The van der Waals surface area contributed by atoms with Crippen LogP contribution in [0, 0.1) is 0 Å². The van der Waals surface area contributed by atoms with E-state index in [1.54, 1.807) is 17.0 Å². The van der Waals surface area contributed by atoms with Crippen LogP contribution in [0.25, 0.3) is 16.5 Å². The smallest absolute Gasteiger partial charge is 0.243 e. The van der Waals surface area contributed by atoms with E-state index in [9.17, 15) is 13.2 Å². The maximum atomic E-state index is 13.3. The van der Waals surface area contributed by atoms with Crippen molar-refractivity contribution in [2.45, 2.75) is 30.2 Å². The van der Waals surface area contributed by atoms with Crippen LogP contribution in [-0.2, 0) is 14.8 Å². The molecule has 6 nitrogen and oxygen atoms in total. The number of rotatable bonds is 4. The Bertz CT molecular complexity index is 1300. The number of nitrogens with zero attached hydrogens (tertiary/aromatic N) is 2. The Morgan fingerprint density at radius 1 is 1.06 bits per heavy atom. The van der Waals surface area contributed by atoms with Crippen LogP contribution < -0.4 is 0 Å². The average Bonchev–Trinajstić information content (AvgIpc) is 3.47. The number of sulfonamides is 1. The van der Waals surface area contributed by atoms with Crippen molar-refractivity contribution < 1.29 is 13.2 Å². The van der Waals surface area contributed by atoms with Crippen molar-refractivity contribution >= 4 is 44.0 Å². The van der Waals surface area contributed by atoms with Crippen molar-refractivity contribution in [2.75, 3.05) is 19.6 Å². The van der Waals surface area contributed by atoms with E-state index in [1.165, 1.54) is 33.0 Å². The Labute approximate surface area is 192 Å². The lowest BCUT2D eigenvalue weighted by atomic mass is 9.98. The van der Waals surface area contributed by atoms with Gasteiger partial charge in [-0.2, -0.15) is 4.31 Å². The molecule has 2 aromatic carbocycles. The Morgan fingerprint density at radius 3 is 2.59 bits per heavy atom. The maximum Gasteiger partial charge on any atom is 0.243 e. The van der Waals surface area contributed by atoms with Crippen LogP contribution in [0.4, 0.5) is 0 Å². The summed E-state index contributed by atoms with van der Waals surface area (Å²) in [5.41, 5.74) is 3.47. The average molecular weight is 470 g/mol. The van der Waals surface area contributed by atoms with Crippen molar-refractivity contribution in [3.8, 4) is 0 Å². The molecule has 1 saturated heterocycles. The van der Waals surface area contributed by atoms with Crippen molar-refractivity contribution in [1.29, 1.82) is 0 Å². The molecule has 3 heterocycles. The van der Waals surface area contributed by atoms with Gasteiger partial charge in [-0.25, -0.2) is 8.42 Å². The number of H-pyrrole nitrogens is 1. The number of aromatic nitrogens is 1. The van der Waals surface area contributed by atoms with Gasteiger partial charge in [0.25, 0.3) is 0 Å². The van der Waals surface area contributed by atoms with Gasteiger partial charge in [-0.3, -0.25) is 4.79 Å². The molecule has 1 atom stereocenters. The summed E-state index contributed by atoms with van der Waals surface area (Å²) >= 11 is 5.91. The molecule has 0 spiro atoms. The number of amides is 1. The molecule has 166 valence electrons. The van der Waals surface area contributed by atoms with Gasteiger partial charge < -0.3 is 9.88 Å². The van der Waals surface area contributed by atoms with Crippen LogP contribution in [0.3, 0.4) is 0 Å². The Morgan fingerprint density at radius 2 is 1.84 bits per heavy atom. The summed E-state index contributed by atoms with van der Waals surface area (Å²) in [4.78, 5) is 18.6. The molecule has 1 N–H and O–H groups in total. The molecular formula is C24H24ClN3O3S. The van der Waals surface area contributed by atoms with Gasteiger partial charge >= 0.3 is 0 Å². The van der Waals surface area contributed by atoms with Crippen molar-refractivity contribution in [1.82, 2.24) is 14.2 Å². The summed E-state index contributed by atoms with van der Waals surface area (Å²) < 4.78 is 27.7. The molecule has 2 aliphatic rings. The monoisotopic (exact) mass is 469 g/mol. The van der Waals surface area contributed by atoms with Gasteiger partial charge in [-0.05, 0) is 55.2 Å². The van der Waals surface area contributed by atoms with E-state index in [0.29, 0.717) is 37.5 Å². The Hall–Kier alpha value is -2.61. The number of hydrogen-bond acceptors (Lipinski definition) is 3. The molecule has 32 heavy (non-hydrogen) atoms. The van der Waals surface area contributed by atoms with Crippen LogP contribution in [0.5, 0.6) is 0 Å². The predicted octanol–water partition coefficient (Wildman–Crippen LogP) is 4.29. The summed E-state index contributed by atoms with van der Waals surface area (Å²) in [6, 6.07) is 13.6. The number of halogens is 1. The molecule has 0 unspecified atom stereocenters. The number of carbonyl (C=O) groups excluding carboxylic acids is 1. The third-order valence-corrected chi connectivity index (χ3v) is 8.54. The fourth-order valence-electron chi connectivity index (χ4n) is 4.68. The van der Waals surface area contributed by atoms with Gasteiger partial charge in [0.05, 0.1) is 4.90 Å². The van der Waals surface area contributed by atoms with Gasteiger partial charge in [-0.1, -0.05) is 35.9 Å². The minimum Gasteiger partial charge on any atom is -0.361 e. The summed E-state index contributed by atoms with van der Waals surface area (Å²) in [6.07, 6.45) is 6.06. The standard InChI is InChI=1S/C24H24ClN3O3S/c25-18-7-9-19(10-8-18)32(30,31)28-13-3-6-23(28)24(29)27-14-11-17(12-15-27)21-16-26-22-5-2-1-4-20(21)22/h1-2,4-5,7-11,16,23,26H,3,6,12-15H2/t23-/m0/s1. The fraction of sp³-hybridized carbons (Fsp3) is 0.292. The molecule has 3 aromatic rings. The molecule has 1 aromatic heterocycles. The number of benzene rings is 2. The fourth-order valence-corrected chi connectivity index (χ4v) is 6.46. The van der Waals surface area contributed by atoms with Gasteiger partial charge in [0.2, 0.25) is 15.9 Å². The highest BCUT2D eigenvalue weighted by Gasteiger charge is 2.41. The number of para-hydroxylation sites is 1. The lowest BCUT2D eigenvalue weighted by Gasteiger charge is -2.32. The van der Waals surface area contributed by atoms with Crippen molar-refractivity contribution in [3.05, 3.63) is 71.4 Å². The van der Waals surface area contributed by atoms with E-state index in [-0.39, 0.29) is 10.8 Å². The molecular weight excluding hydrogens is 446 g/mol. The molecule has 1 fully saturated rings. The largest absolute Gasteiger partial charge is 0.361 e. The second-order valence-corrected chi connectivity index (χ2v) is 10.6. The van der Waals surface area contributed by atoms with Gasteiger partial charge in [0, 0.05) is 47.3 Å². The molecule has 2 aliphatic heterocycles. The van der Waals surface area contributed by atoms with Crippen LogP contribution in [0.15, 0.2) is 65.7 Å². The van der Waals surface area contributed by atoms with Gasteiger partial charge in [0.1, 0.15) is 6.04 Å². The van der Waals surface area contributed by atoms with Crippen LogP contribution in [0.1, 0.15) is 24.8 Å². The first-order valence-electron chi connectivity index (χ1n) is 10.8. The third kappa shape index (κ3) is 3.74. The quantitative estimate of drug-likeness (QED) is 0.619. The molecule has 0 bridgehead atoms. The highest BCUT2D eigenvalue weighted by Crippen LogP contribution is 2.31.